The maximum absolute atomic E-state index is 14.0. The highest BCUT2D eigenvalue weighted by Crippen LogP contribution is 2.35. The number of anilines is 1. The maximum atomic E-state index is 14.0. The van der Waals surface area contributed by atoms with Crippen molar-refractivity contribution in [2.75, 3.05) is 23.7 Å². The van der Waals surface area contributed by atoms with Crippen molar-refractivity contribution in [3.63, 3.8) is 0 Å². The van der Waals surface area contributed by atoms with Crippen LogP contribution in [-0.4, -0.2) is 50.5 Å². The van der Waals surface area contributed by atoms with Gasteiger partial charge in [-0.05, 0) is 42.3 Å². The zero-order valence-electron chi connectivity index (χ0n) is 21.2. The lowest BCUT2D eigenvalue weighted by atomic mass is 10.0. The van der Waals surface area contributed by atoms with E-state index in [1.54, 1.807) is 6.92 Å². The summed E-state index contributed by atoms with van der Waals surface area (Å²) in [6.45, 7) is 1.59. The van der Waals surface area contributed by atoms with E-state index in [0.717, 1.165) is 26.2 Å². The summed E-state index contributed by atoms with van der Waals surface area (Å²) in [5.74, 6) is -0.960. The van der Waals surface area contributed by atoms with E-state index in [0.29, 0.717) is 6.54 Å². The van der Waals surface area contributed by atoms with Crippen LogP contribution in [0.1, 0.15) is 18.1 Å². The molecular formula is C27H27BrCl3N3O4S. The maximum Gasteiger partial charge on any atom is 0.244 e. The Balaban J connectivity index is 2.08. The van der Waals surface area contributed by atoms with Crippen LogP contribution in [0.15, 0.2) is 71.2 Å². The van der Waals surface area contributed by atoms with Gasteiger partial charge in [0.2, 0.25) is 21.8 Å². The Morgan fingerprint density at radius 1 is 0.923 bits per heavy atom. The topological polar surface area (TPSA) is 86.8 Å². The van der Waals surface area contributed by atoms with Crippen molar-refractivity contribution < 1.29 is 18.0 Å². The molecule has 2 amide bonds. The van der Waals surface area contributed by atoms with E-state index < -0.39 is 28.5 Å². The second-order valence-electron chi connectivity index (χ2n) is 8.74. The minimum Gasteiger partial charge on any atom is -0.355 e. The first-order chi connectivity index (χ1) is 18.4. The average molecular weight is 676 g/mol. The average Bonchev–Trinajstić information content (AvgIpc) is 2.87. The molecule has 1 N–H and O–H groups in total. The van der Waals surface area contributed by atoms with Gasteiger partial charge in [-0.3, -0.25) is 13.9 Å². The summed E-state index contributed by atoms with van der Waals surface area (Å²) in [6.07, 6.45) is 1.18. The fourth-order valence-corrected chi connectivity index (χ4v) is 5.97. The number of carbonyl (C=O) groups excluding carboxylic acids is 2. The summed E-state index contributed by atoms with van der Waals surface area (Å²) in [5, 5.41) is 3.03. The molecule has 1 atom stereocenters. The highest BCUT2D eigenvalue weighted by molar-refractivity contribution is 9.10. The van der Waals surface area contributed by atoms with Crippen LogP contribution in [0, 0.1) is 0 Å². The predicted octanol–water partition coefficient (Wildman–Crippen LogP) is 5.95. The highest BCUT2D eigenvalue weighted by Gasteiger charge is 2.33. The van der Waals surface area contributed by atoms with Gasteiger partial charge in [-0.25, -0.2) is 8.42 Å². The molecule has 1 unspecified atom stereocenters. The van der Waals surface area contributed by atoms with Crippen molar-refractivity contribution in [2.24, 2.45) is 0 Å². The SMILES string of the molecule is CCNC(=O)C(Cc1ccccc1)N(Cc1cccc(Br)c1)C(=O)CN(c1cc(Cl)c(Cl)cc1Cl)S(C)(=O)=O. The zero-order valence-corrected chi connectivity index (χ0v) is 25.9. The standard InChI is InChI=1S/C27H27BrCl3N3O4S/c1-3-32-27(36)25(13-18-8-5-4-6-9-18)33(16-19-10-7-11-20(28)12-19)26(35)17-34(39(2,37)38)24-15-22(30)21(29)14-23(24)31/h4-12,14-15,25H,3,13,16-17H2,1-2H3,(H,32,36). The zero-order chi connectivity index (χ0) is 28.7. The number of nitrogens with zero attached hydrogens (tertiary/aromatic N) is 2. The van der Waals surface area contributed by atoms with Crippen molar-refractivity contribution in [2.45, 2.75) is 25.9 Å². The molecule has 0 radical (unpaired) electrons. The van der Waals surface area contributed by atoms with Crippen molar-refractivity contribution in [3.8, 4) is 0 Å². The van der Waals surface area contributed by atoms with Gasteiger partial charge >= 0.3 is 0 Å². The Labute approximate surface area is 252 Å². The summed E-state index contributed by atoms with van der Waals surface area (Å²) >= 11 is 22.0. The van der Waals surface area contributed by atoms with Crippen molar-refractivity contribution >= 4 is 78.3 Å². The van der Waals surface area contributed by atoms with Gasteiger partial charge in [-0.2, -0.15) is 0 Å². The second-order valence-corrected chi connectivity index (χ2v) is 12.8. The van der Waals surface area contributed by atoms with Crippen LogP contribution < -0.4 is 9.62 Å². The van der Waals surface area contributed by atoms with E-state index in [4.69, 9.17) is 34.8 Å². The molecule has 39 heavy (non-hydrogen) atoms. The number of likely N-dealkylation sites (N-methyl/N-ethyl adjacent to an activating group) is 1. The number of halogens is 4. The quantitative estimate of drug-likeness (QED) is 0.255. The van der Waals surface area contributed by atoms with Crippen LogP contribution in [0.3, 0.4) is 0 Å². The first-order valence-corrected chi connectivity index (χ1v) is 15.7. The summed E-state index contributed by atoms with van der Waals surface area (Å²) in [7, 11) is -4.00. The first-order valence-electron chi connectivity index (χ1n) is 11.9. The fourth-order valence-electron chi connectivity index (χ4n) is 3.98. The molecule has 0 aliphatic rings. The third-order valence-corrected chi connectivity index (χ3v) is 8.45. The molecule has 0 fully saturated rings. The molecule has 0 bridgehead atoms. The minimum absolute atomic E-state index is 0.00180. The third-order valence-electron chi connectivity index (χ3n) is 5.80. The Morgan fingerprint density at radius 3 is 2.18 bits per heavy atom. The van der Waals surface area contributed by atoms with Crippen LogP contribution >= 0.6 is 50.7 Å². The van der Waals surface area contributed by atoms with Crippen molar-refractivity contribution in [1.29, 1.82) is 0 Å². The van der Waals surface area contributed by atoms with Crippen LogP contribution in [0.4, 0.5) is 5.69 Å². The monoisotopic (exact) mass is 673 g/mol. The van der Waals surface area contributed by atoms with Gasteiger partial charge in [-0.1, -0.05) is 93.2 Å². The molecule has 0 aliphatic heterocycles. The predicted molar refractivity (Wildman–Crippen MR) is 161 cm³/mol. The molecule has 12 heteroatoms. The van der Waals surface area contributed by atoms with Crippen LogP contribution in [0.5, 0.6) is 0 Å². The van der Waals surface area contributed by atoms with E-state index in [-0.39, 0.29) is 39.6 Å². The van der Waals surface area contributed by atoms with Crippen molar-refractivity contribution in [3.05, 3.63) is 97.4 Å². The number of benzene rings is 3. The lowest BCUT2D eigenvalue weighted by Crippen LogP contribution is -2.53. The van der Waals surface area contributed by atoms with Crippen molar-refractivity contribution in [1.82, 2.24) is 10.2 Å². The smallest absolute Gasteiger partial charge is 0.244 e. The number of carbonyl (C=O) groups is 2. The molecule has 0 aliphatic carbocycles. The first kappa shape index (κ1) is 31.2. The van der Waals surface area contributed by atoms with E-state index >= 15 is 0 Å². The van der Waals surface area contributed by atoms with Gasteiger partial charge in [0, 0.05) is 24.0 Å². The summed E-state index contributed by atoms with van der Waals surface area (Å²) in [5.41, 5.74) is 1.59. The number of rotatable bonds is 11. The van der Waals surface area contributed by atoms with Gasteiger partial charge in [0.05, 0.1) is 27.0 Å². The van der Waals surface area contributed by atoms with Crippen LogP contribution in [-0.2, 0) is 32.6 Å². The van der Waals surface area contributed by atoms with Gasteiger partial charge in [0.15, 0.2) is 0 Å². The minimum atomic E-state index is -4.00. The Bertz CT molecular complexity index is 1440. The number of hydrogen-bond acceptors (Lipinski definition) is 4. The number of sulfonamides is 1. The summed E-state index contributed by atoms with van der Waals surface area (Å²) in [6, 6.07) is 18.3. The van der Waals surface area contributed by atoms with E-state index in [9.17, 15) is 18.0 Å². The summed E-state index contributed by atoms with van der Waals surface area (Å²) < 4.78 is 27.4. The molecule has 3 rings (SSSR count). The molecule has 0 spiro atoms. The summed E-state index contributed by atoms with van der Waals surface area (Å²) in [4.78, 5) is 28.7. The molecule has 0 saturated carbocycles. The molecule has 7 nitrogen and oxygen atoms in total. The number of hydrogen-bond donors (Lipinski definition) is 1. The van der Waals surface area contributed by atoms with Gasteiger partial charge in [0.25, 0.3) is 0 Å². The van der Waals surface area contributed by atoms with Gasteiger partial charge in [-0.15, -0.1) is 0 Å². The molecular weight excluding hydrogens is 649 g/mol. The van der Waals surface area contributed by atoms with Crippen LogP contribution in [0.2, 0.25) is 15.1 Å². The van der Waals surface area contributed by atoms with Gasteiger partial charge < -0.3 is 10.2 Å². The fraction of sp³-hybridized carbons (Fsp3) is 0.259. The Morgan fingerprint density at radius 2 is 1.56 bits per heavy atom. The van der Waals surface area contributed by atoms with E-state index in [1.807, 2.05) is 54.6 Å². The molecule has 0 saturated heterocycles. The lowest BCUT2D eigenvalue weighted by molar-refractivity contribution is -0.140. The highest BCUT2D eigenvalue weighted by atomic mass is 79.9. The van der Waals surface area contributed by atoms with Crippen LogP contribution in [0.25, 0.3) is 0 Å². The molecule has 3 aromatic rings. The Kier molecular flexibility index (Phi) is 11.1. The van der Waals surface area contributed by atoms with E-state index in [1.165, 1.54) is 17.0 Å². The third kappa shape index (κ3) is 8.59. The molecule has 0 heterocycles. The second kappa shape index (κ2) is 13.9. The number of amides is 2. The van der Waals surface area contributed by atoms with E-state index in [2.05, 4.69) is 21.2 Å². The largest absolute Gasteiger partial charge is 0.355 e. The molecule has 0 aromatic heterocycles. The number of nitrogens with one attached hydrogen (secondary N) is 1. The Hall–Kier alpha value is -2.30. The lowest BCUT2D eigenvalue weighted by Gasteiger charge is -2.33. The molecule has 3 aromatic carbocycles. The van der Waals surface area contributed by atoms with Gasteiger partial charge in [0.1, 0.15) is 12.6 Å². The molecule has 208 valence electrons. The normalized spacial score (nSPS) is 12.1.